The first kappa shape index (κ1) is 13.1. The summed E-state index contributed by atoms with van der Waals surface area (Å²) in [6.07, 6.45) is 4.03. The summed E-state index contributed by atoms with van der Waals surface area (Å²) in [4.78, 5) is 4.38. The van der Waals surface area contributed by atoms with Crippen LogP contribution in [-0.4, -0.2) is 23.2 Å². The van der Waals surface area contributed by atoms with E-state index in [-0.39, 0.29) is 6.61 Å². The Hall–Kier alpha value is -0.930. The molecule has 1 heterocycles. The first-order chi connectivity index (χ1) is 7.77. The molecule has 16 heavy (non-hydrogen) atoms. The first-order valence-electron chi connectivity index (χ1n) is 6.03. The zero-order chi connectivity index (χ0) is 11.8. The number of nitrogens with one attached hydrogen (secondary N) is 1. The average Bonchev–Trinajstić information content (AvgIpc) is 2.35. The number of nitrogens with zero attached hydrogens (tertiary/aromatic N) is 1. The van der Waals surface area contributed by atoms with Crippen LogP contribution >= 0.6 is 0 Å². The van der Waals surface area contributed by atoms with Crippen LogP contribution in [0.4, 0.5) is 0 Å². The van der Waals surface area contributed by atoms with Crippen molar-refractivity contribution in [1.29, 1.82) is 0 Å². The van der Waals surface area contributed by atoms with Gasteiger partial charge in [0.1, 0.15) is 0 Å². The Kier molecular flexibility index (Phi) is 6.04. The van der Waals surface area contributed by atoms with E-state index in [1.54, 1.807) is 0 Å². The Bertz CT molecular complexity index is 277. The van der Waals surface area contributed by atoms with Crippen LogP contribution in [0.3, 0.4) is 0 Å². The molecule has 0 fully saturated rings. The van der Waals surface area contributed by atoms with Crippen LogP contribution < -0.4 is 5.32 Å². The van der Waals surface area contributed by atoms with Gasteiger partial charge in [-0.25, -0.2) is 0 Å². The van der Waals surface area contributed by atoms with Crippen molar-refractivity contribution < 1.29 is 5.11 Å². The van der Waals surface area contributed by atoms with E-state index in [4.69, 9.17) is 5.11 Å². The van der Waals surface area contributed by atoms with Gasteiger partial charge >= 0.3 is 0 Å². The highest BCUT2D eigenvalue weighted by Gasteiger charge is 2.11. The Morgan fingerprint density at radius 1 is 1.44 bits per heavy atom. The lowest BCUT2D eigenvalue weighted by atomic mass is 10.1. The molecule has 0 amide bonds. The lowest BCUT2D eigenvalue weighted by molar-refractivity contribution is 0.229. The number of aliphatic hydroxyl groups is 1. The van der Waals surface area contributed by atoms with Crippen molar-refractivity contribution in [2.24, 2.45) is 5.92 Å². The fourth-order valence-electron chi connectivity index (χ4n) is 1.63. The van der Waals surface area contributed by atoms with E-state index in [0.29, 0.717) is 12.0 Å². The molecule has 0 aromatic carbocycles. The Morgan fingerprint density at radius 2 is 2.25 bits per heavy atom. The molecule has 3 heteroatoms. The second kappa shape index (κ2) is 7.36. The molecule has 0 aliphatic carbocycles. The molecular weight excluding hydrogens is 200 g/mol. The van der Waals surface area contributed by atoms with Gasteiger partial charge in [0.25, 0.3) is 0 Å². The van der Waals surface area contributed by atoms with E-state index >= 15 is 0 Å². The van der Waals surface area contributed by atoms with Crippen molar-refractivity contribution in [2.45, 2.75) is 32.7 Å². The van der Waals surface area contributed by atoms with Crippen LogP contribution in [0.15, 0.2) is 24.4 Å². The standard InChI is InChI=1S/C13H22N2O/c1-3-6-12(15-9-11(2)10-16)13-7-4-5-8-14-13/h4-5,7-8,11-12,15-16H,3,6,9-10H2,1-2H3. The number of pyridine rings is 1. The zero-order valence-electron chi connectivity index (χ0n) is 10.2. The second-order valence-electron chi connectivity index (χ2n) is 4.29. The van der Waals surface area contributed by atoms with Crippen LogP contribution in [0.2, 0.25) is 0 Å². The third-order valence-electron chi connectivity index (χ3n) is 2.65. The number of aliphatic hydroxyl groups excluding tert-OH is 1. The van der Waals surface area contributed by atoms with E-state index in [9.17, 15) is 0 Å². The SMILES string of the molecule is CCCC(NCC(C)CO)c1ccccn1. The molecule has 0 radical (unpaired) electrons. The molecule has 1 aromatic heterocycles. The van der Waals surface area contributed by atoms with Crippen LogP contribution in [0.25, 0.3) is 0 Å². The van der Waals surface area contributed by atoms with Crippen molar-refractivity contribution in [2.75, 3.05) is 13.2 Å². The normalized spacial score (nSPS) is 14.7. The summed E-state index contributed by atoms with van der Waals surface area (Å²) in [6, 6.07) is 6.31. The van der Waals surface area contributed by atoms with Gasteiger partial charge in [-0.15, -0.1) is 0 Å². The maximum atomic E-state index is 8.99. The van der Waals surface area contributed by atoms with Gasteiger partial charge in [0.15, 0.2) is 0 Å². The molecule has 0 saturated heterocycles. The number of hydrogen-bond acceptors (Lipinski definition) is 3. The number of rotatable bonds is 7. The fourth-order valence-corrected chi connectivity index (χ4v) is 1.63. The molecule has 0 bridgehead atoms. The number of hydrogen-bond donors (Lipinski definition) is 2. The predicted octanol–water partition coefficient (Wildman–Crippen LogP) is 2.14. The molecular formula is C13H22N2O. The lowest BCUT2D eigenvalue weighted by Gasteiger charge is -2.19. The van der Waals surface area contributed by atoms with Gasteiger partial charge < -0.3 is 10.4 Å². The Morgan fingerprint density at radius 3 is 2.81 bits per heavy atom. The van der Waals surface area contributed by atoms with E-state index in [2.05, 4.69) is 23.3 Å². The van der Waals surface area contributed by atoms with E-state index in [1.165, 1.54) is 0 Å². The summed E-state index contributed by atoms with van der Waals surface area (Å²) in [6.45, 7) is 5.27. The molecule has 1 rings (SSSR count). The van der Waals surface area contributed by atoms with Gasteiger partial charge in [0.2, 0.25) is 0 Å². The highest BCUT2D eigenvalue weighted by molar-refractivity contribution is 5.08. The maximum absolute atomic E-state index is 8.99. The van der Waals surface area contributed by atoms with Crippen LogP contribution in [0.1, 0.15) is 38.4 Å². The Balaban J connectivity index is 2.54. The minimum atomic E-state index is 0.230. The molecule has 1 aromatic rings. The van der Waals surface area contributed by atoms with E-state index < -0.39 is 0 Å². The van der Waals surface area contributed by atoms with Crippen molar-refractivity contribution in [3.05, 3.63) is 30.1 Å². The first-order valence-corrected chi connectivity index (χ1v) is 6.03. The summed E-state index contributed by atoms with van der Waals surface area (Å²) in [5.74, 6) is 0.295. The van der Waals surface area contributed by atoms with Gasteiger partial charge in [-0.1, -0.05) is 26.3 Å². The molecule has 0 saturated carbocycles. The molecule has 0 aliphatic rings. The van der Waals surface area contributed by atoms with Gasteiger partial charge in [-0.05, 0) is 24.5 Å². The van der Waals surface area contributed by atoms with Crippen LogP contribution in [-0.2, 0) is 0 Å². The Labute approximate surface area is 97.9 Å². The summed E-state index contributed by atoms with van der Waals surface area (Å²) in [7, 11) is 0. The van der Waals surface area contributed by atoms with Gasteiger partial charge in [0, 0.05) is 25.4 Å². The summed E-state index contributed by atoms with van der Waals surface area (Å²) < 4.78 is 0. The zero-order valence-corrected chi connectivity index (χ0v) is 10.2. The molecule has 2 unspecified atom stereocenters. The minimum absolute atomic E-state index is 0.230. The summed E-state index contributed by atoms with van der Waals surface area (Å²) >= 11 is 0. The minimum Gasteiger partial charge on any atom is -0.396 e. The number of aromatic nitrogens is 1. The summed E-state index contributed by atoms with van der Waals surface area (Å²) in [5.41, 5.74) is 1.09. The third kappa shape index (κ3) is 4.29. The van der Waals surface area contributed by atoms with Crippen molar-refractivity contribution in [3.63, 3.8) is 0 Å². The van der Waals surface area contributed by atoms with E-state index in [0.717, 1.165) is 25.1 Å². The lowest BCUT2D eigenvalue weighted by Crippen LogP contribution is -2.28. The fraction of sp³-hybridized carbons (Fsp3) is 0.615. The van der Waals surface area contributed by atoms with E-state index in [1.807, 2.05) is 25.3 Å². The smallest absolute Gasteiger partial charge is 0.0573 e. The van der Waals surface area contributed by atoms with Crippen molar-refractivity contribution >= 4 is 0 Å². The quantitative estimate of drug-likeness (QED) is 0.743. The molecule has 90 valence electrons. The molecule has 0 aliphatic heterocycles. The highest BCUT2D eigenvalue weighted by atomic mass is 16.3. The van der Waals surface area contributed by atoms with Crippen molar-refractivity contribution in [1.82, 2.24) is 10.3 Å². The topological polar surface area (TPSA) is 45.1 Å². The van der Waals surface area contributed by atoms with Gasteiger partial charge in [-0.3, -0.25) is 4.98 Å². The van der Waals surface area contributed by atoms with Gasteiger partial charge in [0.05, 0.1) is 5.69 Å². The maximum Gasteiger partial charge on any atom is 0.0573 e. The van der Waals surface area contributed by atoms with Crippen LogP contribution in [0, 0.1) is 5.92 Å². The second-order valence-corrected chi connectivity index (χ2v) is 4.29. The largest absolute Gasteiger partial charge is 0.396 e. The molecule has 0 spiro atoms. The molecule has 2 N–H and O–H groups in total. The van der Waals surface area contributed by atoms with Crippen LogP contribution in [0.5, 0.6) is 0 Å². The van der Waals surface area contributed by atoms with Gasteiger partial charge in [-0.2, -0.15) is 0 Å². The molecule has 3 nitrogen and oxygen atoms in total. The molecule has 2 atom stereocenters. The van der Waals surface area contributed by atoms with Crippen molar-refractivity contribution in [3.8, 4) is 0 Å². The highest BCUT2D eigenvalue weighted by Crippen LogP contribution is 2.15. The summed E-state index contributed by atoms with van der Waals surface area (Å²) in [5, 5.41) is 12.5. The monoisotopic (exact) mass is 222 g/mol. The predicted molar refractivity (Wildman–Crippen MR) is 66.1 cm³/mol. The average molecular weight is 222 g/mol. The third-order valence-corrected chi connectivity index (χ3v) is 2.65.